The molecule has 0 aliphatic rings. The van der Waals surface area contributed by atoms with Crippen LogP contribution in [0.5, 0.6) is 11.6 Å². The predicted molar refractivity (Wildman–Crippen MR) is 95.8 cm³/mol. The SMILES string of the molecule is O=C(COc1cccc(Br)c1)N=Nc1c(O)[nH]c2ccc([N+](=O)[O-])cc12. The number of halogens is 1. The average molecular weight is 419 g/mol. The summed E-state index contributed by atoms with van der Waals surface area (Å²) in [4.78, 5) is 24.7. The number of nitrogens with zero attached hydrogens (tertiary/aromatic N) is 3. The van der Waals surface area contributed by atoms with Gasteiger partial charge in [-0.05, 0) is 24.3 Å². The van der Waals surface area contributed by atoms with Gasteiger partial charge in [-0.3, -0.25) is 14.9 Å². The molecule has 0 aliphatic heterocycles. The van der Waals surface area contributed by atoms with Gasteiger partial charge in [-0.1, -0.05) is 22.0 Å². The van der Waals surface area contributed by atoms with Crippen LogP contribution in [0.1, 0.15) is 0 Å². The van der Waals surface area contributed by atoms with Gasteiger partial charge in [0.25, 0.3) is 5.69 Å². The first-order valence-corrected chi connectivity index (χ1v) is 8.05. The van der Waals surface area contributed by atoms with Crippen molar-refractivity contribution >= 4 is 44.1 Å². The van der Waals surface area contributed by atoms with Crippen molar-refractivity contribution in [2.45, 2.75) is 0 Å². The fraction of sp³-hybridized carbons (Fsp3) is 0.0625. The third kappa shape index (κ3) is 3.86. The number of nitro benzene ring substituents is 1. The number of aromatic hydroxyl groups is 1. The van der Waals surface area contributed by atoms with Gasteiger partial charge in [0.1, 0.15) is 5.75 Å². The van der Waals surface area contributed by atoms with Crippen LogP contribution in [0.2, 0.25) is 0 Å². The third-order valence-corrected chi connectivity index (χ3v) is 3.86. The number of fused-ring (bicyclic) bond motifs is 1. The molecule has 0 fully saturated rings. The number of rotatable bonds is 5. The molecule has 1 heterocycles. The van der Waals surface area contributed by atoms with E-state index >= 15 is 0 Å². The second kappa shape index (κ2) is 7.31. The molecule has 3 rings (SSSR count). The van der Waals surface area contributed by atoms with E-state index in [-0.39, 0.29) is 29.2 Å². The number of benzene rings is 2. The van der Waals surface area contributed by atoms with Gasteiger partial charge in [0.15, 0.2) is 12.3 Å². The van der Waals surface area contributed by atoms with Crippen LogP contribution in [0.3, 0.4) is 0 Å². The Bertz CT molecular complexity index is 1030. The van der Waals surface area contributed by atoms with Crippen molar-refractivity contribution in [2.24, 2.45) is 10.2 Å². The fourth-order valence-electron chi connectivity index (χ4n) is 2.20. The van der Waals surface area contributed by atoms with Crippen molar-refractivity contribution in [1.82, 2.24) is 4.98 Å². The molecule has 2 aromatic carbocycles. The molecule has 26 heavy (non-hydrogen) atoms. The van der Waals surface area contributed by atoms with Crippen molar-refractivity contribution in [2.75, 3.05) is 6.61 Å². The highest BCUT2D eigenvalue weighted by molar-refractivity contribution is 9.10. The lowest BCUT2D eigenvalue weighted by molar-refractivity contribution is -0.384. The number of aromatic nitrogens is 1. The molecule has 0 saturated carbocycles. The highest BCUT2D eigenvalue weighted by atomic mass is 79.9. The number of nitro groups is 1. The van der Waals surface area contributed by atoms with Crippen LogP contribution >= 0.6 is 15.9 Å². The normalized spacial score (nSPS) is 11.1. The van der Waals surface area contributed by atoms with E-state index in [1.165, 1.54) is 18.2 Å². The van der Waals surface area contributed by atoms with E-state index in [2.05, 4.69) is 31.1 Å². The number of nitrogens with one attached hydrogen (secondary N) is 1. The second-order valence-electron chi connectivity index (χ2n) is 5.15. The minimum Gasteiger partial charge on any atom is -0.493 e. The number of carbonyl (C=O) groups is 1. The molecule has 0 unspecified atom stereocenters. The lowest BCUT2D eigenvalue weighted by atomic mass is 10.2. The first-order chi connectivity index (χ1) is 12.4. The molecule has 132 valence electrons. The highest BCUT2D eigenvalue weighted by Crippen LogP contribution is 2.37. The van der Waals surface area contributed by atoms with E-state index in [1.54, 1.807) is 18.2 Å². The lowest BCUT2D eigenvalue weighted by Gasteiger charge is -2.02. The first-order valence-electron chi connectivity index (χ1n) is 7.26. The molecule has 0 atom stereocenters. The van der Waals surface area contributed by atoms with Gasteiger partial charge in [0, 0.05) is 22.0 Å². The highest BCUT2D eigenvalue weighted by Gasteiger charge is 2.15. The summed E-state index contributed by atoms with van der Waals surface area (Å²) in [7, 11) is 0. The van der Waals surface area contributed by atoms with Crippen molar-refractivity contribution in [1.29, 1.82) is 0 Å². The summed E-state index contributed by atoms with van der Waals surface area (Å²) < 4.78 is 6.09. The van der Waals surface area contributed by atoms with Gasteiger partial charge >= 0.3 is 5.91 Å². The van der Waals surface area contributed by atoms with Crippen LogP contribution in [0.25, 0.3) is 10.9 Å². The van der Waals surface area contributed by atoms with Crippen molar-refractivity contribution in [3.05, 3.63) is 57.1 Å². The van der Waals surface area contributed by atoms with Crippen LogP contribution in [-0.4, -0.2) is 27.5 Å². The number of carbonyl (C=O) groups excluding carboxylic acids is 1. The van der Waals surface area contributed by atoms with E-state index in [1.807, 2.05) is 6.07 Å². The smallest absolute Gasteiger partial charge is 0.302 e. The number of non-ortho nitro benzene ring substituents is 1. The van der Waals surface area contributed by atoms with Gasteiger partial charge in [-0.15, -0.1) is 10.2 Å². The Balaban J connectivity index is 1.77. The molecule has 2 N–H and O–H groups in total. The van der Waals surface area contributed by atoms with Crippen molar-refractivity contribution in [3.63, 3.8) is 0 Å². The molecule has 0 aliphatic carbocycles. The number of azo groups is 1. The summed E-state index contributed by atoms with van der Waals surface area (Å²) in [5.74, 6) is -0.539. The third-order valence-electron chi connectivity index (χ3n) is 3.37. The van der Waals surface area contributed by atoms with Gasteiger partial charge in [-0.25, -0.2) is 0 Å². The molecule has 9 nitrogen and oxygen atoms in total. The van der Waals surface area contributed by atoms with E-state index in [0.717, 1.165) is 4.47 Å². The zero-order chi connectivity index (χ0) is 18.7. The Morgan fingerprint density at radius 2 is 2.12 bits per heavy atom. The van der Waals surface area contributed by atoms with Crippen LogP contribution in [0.4, 0.5) is 11.4 Å². The van der Waals surface area contributed by atoms with Gasteiger partial charge in [0.2, 0.25) is 5.88 Å². The maximum absolute atomic E-state index is 11.8. The van der Waals surface area contributed by atoms with Crippen molar-refractivity contribution in [3.8, 4) is 11.6 Å². The largest absolute Gasteiger partial charge is 0.493 e. The molecule has 0 spiro atoms. The summed E-state index contributed by atoms with van der Waals surface area (Å²) in [5.41, 5.74) is 0.205. The minimum absolute atomic E-state index is 0.0560. The Morgan fingerprint density at radius 3 is 2.85 bits per heavy atom. The Kier molecular flexibility index (Phi) is 4.94. The molecule has 1 aromatic heterocycles. The van der Waals surface area contributed by atoms with E-state index in [4.69, 9.17) is 4.74 Å². The molecule has 0 saturated heterocycles. The average Bonchev–Trinajstić information content (AvgIpc) is 2.92. The quantitative estimate of drug-likeness (QED) is 0.363. The molecule has 3 aromatic rings. The first kappa shape index (κ1) is 17.5. The minimum atomic E-state index is -0.677. The zero-order valence-electron chi connectivity index (χ0n) is 13.0. The molecular weight excluding hydrogens is 408 g/mol. The van der Waals surface area contributed by atoms with E-state index in [0.29, 0.717) is 11.3 Å². The predicted octanol–water partition coefficient (Wildman–Crippen LogP) is 4.23. The number of amides is 1. The van der Waals surface area contributed by atoms with Gasteiger partial charge < -0.3 is 14.8 Å². The van der Waals surface area contributed by atoms with Crippen LogP contribution in [0, 0.1) is 10.1 Å². The maximum atomic E-state index is 11.8. The van der Waals surface area contributed by atoms with E-state index < -0.39 is 10.8 Å². The molecule has 0 radical (unpaired) electrons. The number of H-pyrrole nitrogens is 1. The second-order valence-corrected chi connectivity index (χ2v) is 6.06. The van der Waals surface area contributed by atoms with Crippen LogP contribution < -0.4 is 4.74 Å². The maximum Gasteiger partial charge on any atom is 0.302 e. The Labute approximate surface area is 154 Å². The van der Waals surface area contributed by atoms with Gasteiger partial charge in [-0.2, -0.15) is 0 Å². The molecule has 10 heteroatoms. The van der Waals surface area contributed by atoms with Crippen molar-refractivity contribution < 1.29 is 19.6 Å². The fourth-order valence-corrected chi connectivity index (χ4v) is 2.58. The number of hydrogen-bond acceptors (Lipinski definition) is 6. The molecule has 0 bridgehead atoms. The lowest BCUT2D eigenvalue weighted by Crippen LogP contribution is -2.07. The summed E-state index contributed by atoms with van der Waals surface area (Å²) in [6.07, 6.45) is 0. The topological polar surface area (TPSA) is 130 Å². The molecule has 1 amide bonds. The Hall–Kier alpha value is -3.27. The summed E-state index contributed by atoms with van der Waals surface area (Å²) in [5, 5.41) is 28.2. The van der Waals surface area contributed by atoms with Gasteiger partial charge in [0.05, 0.1) is 10.4 Å². The Morgan fingerprint density at radius 1 is 1.31 bits per heavy atom. The monoisotopic (exact) mass is 418 g/mol. The van der Waals surface area contributed by atoms with Crippen LogP contribution in [-0.2, 0) is 4.79 Å². The van der Waals surface area contributed by atoms with Crippen LogP contribution in [0.15, 0.2) is 57.2 Å². The zero-order valence-corrected chi connectivity index (χ0v) is 14.6. The summed E-state index contributed by atoms with van der Waals surface area (Å²) in [6, 6.07) is 10.9. The number of hydrogen-bond donors (Lipinski definition) is 2. The number of aromatic amines is 1. The molecular formula is C16H11BrN4O5. The number of ether oxygens (including phenoxy) is 1. The summed E-state index contributed by atoms with van der Waals surface area (Å²) >= 11 is 3.29. The van der Waals surface area contributed by atoms with E-state index in [9.17, 15) is 20.0 Å². The summed E-state index contributed by atoms with van der Waals surface area (Å²) in [6.45, 7) is -0.344. The standard InChI is InChI=1S/C16H11BrN4O5/c17-9-2-1-3-11(6-9)26-8-14(22)19-20-15-12-7-10(21(24)25)4-5-13(12)18-16(15)23/h1-7,18,23H,8H2.